The lowest BCUT2D eigenvalue weighted by Crippen LogP contribution is -2.64. The van der Waals surface area contributed by atoms with E-state index in [1.54, 1.807) is 19.5 Å². The Morgan fingerprint density at radius 1 is 1.43 bits per heavy atom. The van der Waals surface area contributed by atoms with E-state index in [1.807, 2.05) is 31.2 Å². The van der Waals surface area contributed by atoms with Crippen molar-refractivity contribution in [1.29, 1.82) is 0 Å². The van der Waals surface area contributed by atoms with E-state index < -0.39 is 5.41 Å². The smallest absolute Gasteiger partial charge is 0.230 e. The van der Waals surface area contributed by atoms with Gasteiger partial charge in [-0.25, -0.2) is 9.97 Å². The first kappa shape index (κ1) is 18.4. The minimum atomic E-state index is -0.529. The Labute approximate surface area is 167 Å². The maximum absolute atomic E-state index is 13.1. The van der Waals surface area contributed by atoms with Crippen molar-refractivity contribution in [2.75, 3.05) is 25.1 Å². The number of amides is 1. The summed E-state index contributed by atoms with van der Waals surface area (Å²) in [5.74, 6) is 2.30. The van der Waals surface area contributed by atoms with E-state index in [2.05, 4.69) is 29.5 Å². The molecule has 9 heteroatoms. The summed E-state index contributed by atoms with van der Waals surface area (Å²) < 4.78 is 9.58. The molecule has 0 aliphatic carbocycles. The minimum Gasteiger partial charge on any atom is -0.497 e. The summed E-state index contributed by atoms with van der Waals surface area (Å²) in [7, 11) is 1.65. The lowest BCUT2D eigenvalue weighted by atomic mass is 9.74. The molecule has 3 aromatic rings. The average molecular weight is 398 g/mol. The molecule has 1 fully saturated rings. The number of ether oxygens (including phenoxy) is 1. The van der Waals surface area contributed by atoms with Crippen LogP contribution in [0.15, 0.2) is 36.7 Å². The van der Waals surface area contributed by atoms with Crippen LogP contribution in [0.4, 0.5) is 5.13 Å². The van der Waals surface area contributed by atoms with Crippen molar-refractivity contribution in [3.8, 4) is 5.75 Å². The van der Waals surface area contributed by atoms with Gasteiger partial charge in [0.15, 0.2) is 0 Å². The van der Waals surface area contributed by atoms with Gasteiger partial charge in [0.1, 0.15) is 17.4 Å². The number of rotatable bonds is 7. The van der Waals surface area contributed by atoms with Crippen molar-refractivity contribution >= 4 is 22.6 Å². The topological polar surface area (TPSA) is 96.0 Å². The van der Waals surface area contributed by atoms with Gasteiger partial charge < -0.3 is 19.9 Å². The number of H-pyrrole nitrogens is 1. The standard InChI is InChI=1S/C19H22N6O2S/c1-13-23-18(28-24-13)25-11-19(12-25,9-14-4-3-5-15(8-14)27-2)17(26)22-10-16-20-6-7-21-16/h3-8H,9-12H2,1-2H3,(H,20,21)(H,22,26). The van der Waals surface area contributed by atoms with Crippen LogP contribution < -0.4 is 15.0 Å². The molecule has 0 atom stereocenters. The summed E-state index contributed by atoms with van der Waals surface area (Å²) in [5.41, 5.74) is 0.541. The molecule has 1 amide bonds. The Hall–Kier alpha value is -2.94. The number of aryl methyl sites for hydroxylation is 1. The lowest BCUT2D eigenvalue weighted by molar-refractivity contribution is -0.132. The van der Waals surface area contributed by atoms with E-state index >= 15 is 0 Å². The first-order valence-electron chi connectivity index (χ1n) is 9.03. The van der Waals surface area contributed by atoms with Crippen LogP contribution in [0, 0.1) is 12.3 Å². The van der Waals surface area contributed by atoms with Crippen LogP contribution in [0.1, 0.15) is 17.2 Å². The molecule has 4 rings (SSSR count). The van der Waals surface area contributed by atoms with Crippen LogP contribution in [-0.4, -0.2) is 45.4 Å². The van der Waals surface area contributed by atoms with Crippen LogP contribution in [0.25, 0.3) is 0 Å². The highest BCUT2D eigenvalue weighted by Gasteiger charge is 2.50. The van der Waals surface area contributed by atoms with Gasteiger partial charge in [0.25, 0.3) is 0 Å². The lowest BCUT2D eigenvalue weighted by Gasteiger charge is -2.48. The third-order valence-corrected chi connectivity index (χ3v) is 5.77. The first-order valence-corrected chi connectivity index (χ1v) is 9.80. The highest BCUT2D eigenvalue weighted by Crippen LogP contribution is 2.39. The molecule has 2 N–H and O–H groups in total. The molecular weight excluding hydrogens is 376 g/mol. The fourth-order valence-electron chi connectivity index (χ4n) is 3.49. The Morgan fingerprint density at radius 3 is 2.96 bits per heavy atom. The number of nitrogens with one attached hydrogen (secondary N) is 2. The molecular formula is C19H22N6O2S. The fraction of sp³-hybridized carbons (Fsp3) is 0.368. The minimum absolute atomic E-state index is 0.0178. The number of hydrogen-bond donors (Lipinski definition) is 2. The average Bonchev–Trinajstić information content (AvgIpc) is 3.34. The highest BCUT2D eigenvalue weighted by molar-refractivity contribution is 7.09. The second kappa shape index (κ2) is 7.59. The van der Waals surface area contributed by atoms with Gasteiger partial charge in [0.2, 0.25) is 11.0 Å². The Bertz CT molecular complexity index is 949. The zero-order chi connectivity index (χ0) is 19.6. The molecule has 3 heterocycles. The van der Waals surface area contributed by atoms with Crippen LogP contribution in [0.2, 0.25) is 0 Å². The number of methoxy groups -OCH3 is 1. The molecule has 0 unspecified atom stereocenters. The summed E-state index contributed by atoms with van der Waals surface area (Å²) in [6.45, 7) is 3.45. The molecule has 1 saturated heterocycles. The summed E-state index contributed by atoms with van der Waals surface area (Å²) >= 11 is 1.37. The third-order valence-electron chi connectivity index (χ3n) is 4.90. The molecule has 0 radical (unpaired) electrons. The summed E-state index contributed by atoms with van der Waals surface area (Å²) in [5, 5.41) is 3.89. The van der Waals surface area contributed by atoms with Gasteiger partial charge in [-0.05, 0) is 31.0 Å². The Kier molecular flexibility index (Phi) is 4.99. The number of nitrogens with zero attached hydrogens (tertiary/aromatic N) is 4. The van der Waals surface area contributed by atoms with Crippen LogP contribution in [-0.2, 0) is 17.8 Å². The van der Waals surface area contributed by atoms with Crippen molar-refractivity contribution in [3.63, 3.8) is 0 Å². The van der Waals surface area contributed by atoms with Gasteiger partial charge >= 0.3 is 0 Å². The molecule has 146 valence electrons. The molecule has 2 aromatic heterocycles. The predicted octanol–water partition coefficient (Wildman–Crippen LogP) is 1.94. The largest absolute Gasteiger partial charge is 0.497 e. The first-order chi connectivity index (χ1) is 13.6. The van der Waals surface area contributed by atoms with Crippen molar-refractivity contribution in [1.82, 2.24) is 24.6 Å². The second-order valence-electron chi connectivity index (χ2n) is 7.01. The maximum atomic E-state index is 13.1. The van der Waals surface area contributed by atoms with Crippen LogP contribution in [0.3, 0.4) is 0 Å². The summed E-state index contributed by atoms with van der Waals surface area (Å²) in [6.07, 6.45) is 4.05. The van der Waals surface area contributed by atoms with E-state index in [-0.39, 0.29) is 5.91 Å². The molecule has 8 nitrogen and oxygen atoms in total. The molecule has 1 aromatic carbocycles. The summed E-state index contributed by atoms with van der Waals surface area (Å²) in [4.78, 5) is 26.9. The van der Waals surface area contributed by atoms with Crippen molar-refractivity contribution in [3.05, 3.63) is 53.9 Å². The maximum Gasteiger partial charge on any atom is 0.230 e. The van der Waals surface area contributed by atoms with E-state index in [9.17, 15) is 4.79 Å². The number of aromatic nitrogens is 4. The zero-order valence-electron chi connectivity index (χ0n) is 15.8. The number of imidazole rings is 1. The Morgan fingerprint density at radius 2 is 2.29 bits per heavy atom. The molecule has 1 aliphatic rings. The normalized spacial score (nSPS) is 15.1. The molecule has 0 saturated carbocycles. The van der Waals surface area contributed by atoms with Gasteiger partial charge in [-0.3, -0.25) is 4.79 Å². The number of aromatic amines is 1. The van der Waals surface area contributed by atoms with Gasteiger partial charge in [-0.15, -0.1) is 0 Å². The number of anilines is 1. The monoisotopic (exact) mass is 398 g/mol. The fourth-order valence-corrected chi connectivity index (χ4v) is 4.16. The number of benzene rings is 1. The number of hydrogen-bond acceptors (Lipinski definition) is 7. The van der Waals surface area contributed by atoms with Gasteiger partial charge in [0, 0.05) is 37.0 Å². The van der Waals surface area contributed by atoms with E-state index in [4.69, 9.17) is 4.74 Å². The SMILES string of the molecule is COc1cccc(CC2(C(=O)NCc3ncc[nH]3)CN(c3nc(C)ns3)C2)c1. The van der Waals surface area contributed by atoms with Crippen molar-refractivity contribution in [2.24, 2.45) is 5.41 Å². The van der Waals surface area contributed by atoms with Crippen molar-refractivity contribution < 1.29 is 9.53 Å². The van der Waals surface area contributed by atoms with Gasteiger partial charge in [-0.1, -0.05) is 12.1 Å². The molecule has 0 spiro atoms. The van der Waals surface area contributed by atoms with E-state index in [0.29, 0.717) is 26.1 Å². The van der Waals surface area contributed by atoms with Crippen LogP contribution >= 0.6 is 11.5 Å². The van der Waals surface area contributed by atoms with Gasteiger partial charge in [0.05, 0.1) is 19.1 Å². The Balaban J connectivity index is 1.51. The van der Waals surface area contributed by atoms with E-state index in [1.165, 1.54) is 11.5 Å². The molecule has 0 bridgehead atoms. The zero-order valence-corrected chi connectivity index (χ0v) is 16.6. The van der Waals surface area contributed by atoms with Crippen molar-refractivity contribution in [2.45, 2.75) is 19.9 Å². The second-order valence-corrected chi connectivity index (χ2v) is 7.74. The summed E-state index contributed by atoms with van der Waals surface area (Å²) in [6, 6.07) is 7.87. The molecule has 1 aliphatic heterocycles. The number of carbonyl (C=O) groups excluding carboxylic acids is 1. The van der Waals surface area contributed by atoms with Crippen LogP contribution in [0.5, 0.6) is 5.75 Å². The van der Waals surface area contributed by atoms with E-state index in [0.717, 1.165) is 28.1 Å². The number of carbonyl (C=O) groups is 1. The van der Waals surface area contributed by atoms with Gasteiger partial charge in [-0.2, -0.15) is 4.37 Å². The predicted molar refractivity (Wildman–Crippen MR) is 106 cm³/mol. The quantitative estimate of drug-likeness (QED) is 0.631. The molecule has 28 heavy (non-hydrogen) atoms. The third kappa shape index (κ3) is 3.70. The highest BCUT2D eigenvalue weighted by atomic mass is 32.1.